The van der Waals surface area contributed by atoms with Crippen LogP contribution in [-0.2, 0) is 0 Å². The lowest BCUT2D eigenvalue weighted by Gasteiger charge is -2.01. The van der Waals surface area contributed by atoms with Crippen LogP contribution in [0.15, 0.2) is 29.4 Å². The van der Waals surface area contributed by atoms with Gasteiger partial charge in [-0.15, -0.1) is 10.2 Å². The third-order valence-corrected chi connectivity index (χ3v) is 3.03. The van der Waals surface area contributed by atoms with Gasteiger partial charge in [0.2, 0.25) is 5.71 Å². The first kappa shape index (κ1) is 12.7. The van der Waals surface area contributed by atoms with Crippen LogP contribution in [0.2, 0.25) is 0 Å². The lowest BCUT2D eigenvalue weighted by molar-refractivity contribution is 1.05. The van der Waals surface area contributed by atoms with E-state index >= 15 is 0 Å². The zero-order valence-electron chi connectivity index (χ0n) is 9.95. The number of rotatable bonds is 3. The van der Waals surface area contributed by atoms with E-state index in [1.54, 1.807) is 18.2 Å². The van der Waals surface area contributed by atoms with Crippen LogP contribution in [0.4, 0.5) is 5.69 Å². The Balaban J connectivity index is 2.24. The molecule has 0 bridgehead atoms. The predicted molar refractivity (Wildman–Crippen MR) is 72.4 cm³/mol. The van der Waals surface area contributed by atoms with Crippen LogP contribution in [0.1, 0.15) is 5.01 Å². The minimum atomic E-state index is -0.225. The Hall–Kier alpha value is -2.77. The van der Waals surface area contributed by atoms with Crippen LogP contribution in [0.25, 0.3) is 10.6 Å². The number of aryl methyl sites for hydroxylation is 1. The third-order valence-electron chi connectivity index (χ3n) is 2.14. The number of aromatic nitrogens is 2. The van der Waals surface area contributed by atoms with Crippen molar-refractivity contribution in [3.05, 3.63) is 29.3 Å². The van der Waals surface area contributed by atoms with Crippen LogP contribution in [-0.4, -0.2) is 15.9 Å². The second-order valence-electron chi connectivity index (χ2n) is 3.50. The van der Waals surface area contributed by atoms with Crippen LogP contribution in [0.3, 0.4) is 0 Å². The van der Waals surface area contributed by atoms with Crippen molar-refractivity contribution in [3.8, 4) is 22.7 Å². The third kappa shape index (κ3) is 3.12. The first-order valence-electron chi connectivity index (χ1n) is 5.27. The molecule has 7 heteroatoms. The lowest BCUT2D eigenvalue weighted by atomic mass is 10.2. The maximum Gasteiger partial charge on any atom is 0.237 e. The Labute approximate surface area is 113 Å². The summed E-state index contributed by atoms with van der Waals surface area (Å²) in [6.07, 6.45) is 0. The molecule has 0 atom stereocenters. The van der Waals surface area contributed by atoms with Gasteiger partial charge >= 0.3 is 0 Å². The van der Waals surface area contributed by atoms with Gasteiger partial charge in [0.05, 0.1) is 5.69 Å². The Bertz CT molecular complexity index is 687. The topological polar surface area (TPSA) is 97.8 Å². The maximum atomic E-state index is 8.58. The van der Waals surface area contributed by atoms with Gasteiger partial charge in [-0.3, -0.25) is 5.43 Å². The molecule has 1 heterocycles. The first-order valence-corrected chi connectivity index (χ1v) is 6.09. The molecular formula is C12H8N6S. The summed E-state index contributed by atoms with van der Waals surface area (Å²) in [6.45, 7) is 1.89. The summed E-state index contributed by atoms with van der Waals surface area (Å²) >= 11 is 1.49. The van der Waals surface area contributed by atoms with Gasteiger partial charge in [-0.1, -0.05) is 23.5 Å². The van der Waals surface area contributed by atoms with Crippen LogP contribution in [0.5, 0.6) is 0 Å². The molecule has 2 aromatic rings. The summed E-state index contributed by atoms with van der Waals surface area (Å²) in [4.78, 5) is 0. The normalized spacial score (nSPS) is 9.21. The molecule has 0 aliphatic rings. The number of hydrogen-bond acceptors (Lipinski definition) is 7. The fraction of sp³-hybridized carbons (Fsp3) is 0.0833. The zero-order chi connectivity index (χ0) is 13.7. The van der Waals surface area contributed by atoms with E-state index in [2.05, 4.69) is 20.7 Å². The fourth-order valence-electron chi connectivity index (χ4n) is 1.33. The van der Waals surface area contributed by atoms with Gasteiger partial charge < -0.3 is 0 Å². The van der Waals surface area contributed by atoms with Crippen LogP contribution >= 0.6 is 11.3 Å². The van der Waals surface area contributed by atoms with E-state index in [9.17, 15) is 0 Å². The quantitative estimate of drug-likeness (QED) is 0.680. The van der Waals surface area contributed by atoms with Crippen molar-refractivity contribution < 1.29 is 0 Å². The average Bonchev–Trinajstić information content (AvgIpc) is 2.87. The molecule has 0 aliphatic carbocycles. The number of hydrazone groups is 1. The first-order chi connectivity index (χ1) is 9.22. The van der Waals surface area contributed by atoms with Gasteiger partial charge in [-0.05, 0) is 19.1 Å². The summed E-state index contributed by atoms with van der Waals surface area (Å²) in [5.41, 5.74) is 4.02. The van der Waals surface area contributed by atoms with Crippen molar-refractivity contribution in [2.45, 2.75) is 6.92 Å². The number of nitrogens with zero attached hydrogens (tertiary/aromatic N) is 5. The molecule has 0 fully saturated rings. The molecule has 1 N–H and O–H groups in total. The number of nitriles is 2. The van der Waals surface area contributed by atoms with Crippen molar-refractivity contribution >= 4 is 22.7 Å². The number of anilines is 1. The van der Waals surface area contributed by atoms with Gasteiger partial charge in [-0.25, -0.2) is 0 Å². The second kappa shape index (κ2) is 5.71. The van der Waals surface area contributed by atoms with Gasteiger partial charge in [0.15, 0.2) is 0 Å². The summed E-state index contributed by atoms with van der Waals surface area (Å²) in [5, 5.41) is 30.6. The van der Waals surface area contributed by atoms with Crippen molar-refractivity contribution in [2.24, 2.45) is 5.10 Å². The van der Waals surface area contributed by atoms with Gasteiger partial charge in [-0.2, -0.15) is 15.6 Å². The maximum absolute atomic E-state index is 8.58. The minimum absolute atomic E-state index is 0.225. The van der Waals surface area contributed by atoms with Crippen LogP contribution in [0, 0.1) is 29.6 Å². The van der Waals surface area contributed by atoms with Crippen LogP contribution < -0.4 is 5.43 Å². The molecule has 0 radical (unpaired) electrons. The summed E-state index contributed by atoms with van der Waals surface area (Å²) in [5.74, 6) is 0. The Morgan fingerprint density at radius 2 is 2.11 bits per heavy atom. The Morgan fingerprint density at radius 1 is 1.32 bits per heavy atom. The van der Waals surface area contributed by atoms with Gasteiger partial charge in [0.25, 0.3) is 0 Å². The van der Waals surface area contributed by atoms with Gasteiger partial charge in [0.1, 0.15) is 22.2 Å². The van der Waals surface area contributed by atoms with Crippen molar-refractivity contribution in [1.82, 2.24) is 10.2 Å². The molecule has 0 spiro atoms. The van der Waals surface area contributed by atoms with E-state index in [1.807, 2.05) is 25.1 Å². The number of hydrogen-bond donors (Lipinski definition) is 1. The number of benzene rings is 1. The molecule has 92 valence electrons. The number of nitrogens with one attached hydrogen (secondary N) is 1. The SMILES string of the molecule is Cc1nnc(-c2cccc(NN=C(C#N)C#N)c2)s1. The largest absolute Gasteiger partial charge is 0.276 e. The molecule has 2 rings (SSSR count). The molecule has 0 unspecified atom stereocenters. The molecule has 6 nitrogen and oxygen atoms in total. The van der Waals surface area contributed by atoms with E-state index in [1.165, 1.54) is 11.3 Å². The van der Waals surface area contributed by atoms with Crippen molar-refractivity contribution in [2.75, 3.05) is 5.43 Å². The molecule has 0 aliphatic heterocycles. The predicted octanol–water partition coefficient (Wildman–Crippen LogP) is 2.33. The van der Waals surface area contributed by atoms with E-state index in [-0.39, 0.29) is 5.71 Å². The molecular weight excluding hydrogens is 260 g/mol. The highest BCUT2D eigenvalue weighted by molar-refractivity contribution is 7.14. The van der Waals surface area contributed by atoms with E-state index in [4.69, 9.17) is 10.5 Å². The highest BCUT2D eigenvalue weighted by Crippen LogP contribution is 2.25. The highest BCUT2D eigenvalue weighted by Gasteiger charge is 2.04. The molecule has 1 aromatic carbocycles. The van der Waals surface area contributed by atoms with E-state index in [0.717, 1.165) is 15.6 Å². The van der Waals surface area contributed by atoms with E-state index in [0.29, 0.717) is 5.69 Å². The molecule has 0 amide bonds. The molecule has 19 heavy (non-hydrogen) atoms. The Kier molecular flexibility index (Phi) is 3.81. The smallest absolute Gasteiger partial charge is 0.237 e. The second-order valence-corrected chi connectivity index (χ2v) is 4.68. The van der Waals surface area contributed by atoms with Gasteiger partial charge in [0, 0.05) is 5.56 Å². The monoisotopic (exact) mass is 268 g/mol. The molecule has 0 saturated carbocycles. The fourth-order valence-corrected chi connectivity index (χ4v) is 2.02. The lowest BCUT2D eigenvalue weighted by Crippen LogP contribution is -1.96. The van der Waals surface area contributed by atoms with E-state index < -0.39 is 0 Å². The summed E-state index contributed by atoms with van der Waals surface area (Å²) < 4.78 is 0. The summed E-state index contributed by atoms with van der Waals surface area (Å²) in [6, 6.07) is 10.7. The van der Waals surface area contributed by atoms with Crippen molar-refractivity contribution in [3.63, 3.8) is 0 Å². The Morgan fingerprint density at radius 3 is 2.74 bits per heavy atom. The standard InChI is InChI=1S/C12H8N6S/c1-8-15-18-12(19-8)9-3-2-4-10(5-9)16-17-11(6-13)7-14/h2-5,16H,1H3. The van der Waals surface area contributed by atoms with Crippen molar-refractivity contribution in [1.29, 1.82) is 10.5 Å². The zero-order valence-corrected chi connectivity index (χ0v) is 10.8. The average molecular weight is 268 g/mol. The molecule has 0 saturated heterocycles. The summed E-state index contributed by atoms with van der Waals surface area (Å²) in [7, 11) is 0. The minimum Gasteiger partial charge on any atom is -0.276 e. The highest BCUT2D eigenvalue weighted by atomic mass is 32.1. The molecule has 1 aromatic heterocycles.